The van der Waals surface area contributed by atoms with Gasteiger partial charge in [0.1, 0.15) is 17.3 Å². The van der Waals surface area contributed by atoms with Crippen LogP contribution in [0.25, 0.3) is 5.76 Å². The zero-order chi connectivity index (χ0) is 25.1. The summed E-state index contributed by atoms with van der Waals surface area (Å²) in [4.78, 5) is 31.7. The average Bonchev–Trinajstić information content (AvgIpc) is 3.09. The number of aromatic nitrogens is 1. The van der Waals surface area contributed by atoms with E-state index in [0.29, 0.717) is 29.4 Å². The summed E-state index contributed by atoms with van der Waals surface area (Å²) in [6.45, 7) is 6.62. The summed E-state index contributed by atoms with van der Waals surface area (Å²) in [7, 11) is 0. The molecular formula is C28H27FN2O4. The molecule has 1 aliphatic heterocycles. The van der Waals surface area contributed by atoms with Gasteiger partial charge in [0.05, 0.1) is 18.2 Å². The molecular weight excluding hydrogens is 447 g/mol. The molecule has 0 radical (unpaired) electrons. The van der Waals surface area contributed by atoms with Crippen LogP contribution >= 0.6 is 0 Å². The van der Waals surface area contributed by atoms with E-state index >= 15 is 0 Å². The molecule has 1 fully saturated rings. The van der Waals surface area contributed by atoms with Crippen molar-refractivity contribution in [2.75, 3.05) is 6.61 Å². The fourth-order valence-corrected chi connectivity index (χ4v) is 4.09. The molecule has 1 amide bonds. The van der Waals surface area contributed by atoms with Gasteiger partial charge in [-0.25, -0.2) is 4.39 Å². The number of halogens is 1. The number of aryl methyl sites for hydroxylation is 1. The van der Waals surface area contributed by atoms with Crippen molar-refractivity contribution in [2.24, 2.45) is 5.92 Å². The molecule has 180 valence electrons. The van der Waals surface area contributed by atoms with E-state index in [0.717, 1.165) is 11.1 Å². The van der Waals surface area contributed by atoms with Gasteiger partial charge in [-0.1, -0.05) is 32.0 Å². The van der Waals surface area contributed by atoms with Crippen LogP contribution in [-0.4, -0.2) is 33.3 Å². The van der Waals surface area contributed by atoms with Gasteiger partial charge in [-0.2, -0.15) is 0 Å². The number of carbonyl (C=O) groups excluding carboxylic acids is 2. The lowest BCUT2D eigenvalue weighted by Crippen LogP contribution is -2.29. The fraction of sp³-hybridized carbons (Fsp3) is 0.250. The number of rotatable bonds is 7. The summed E-state index contributed by atoms with van der Waals surface area (Å²) in [5.41, 5.74) is 2.39. The van der Waals surface area contributed by atoms with Gasteiger partial charge in [0.15, 0.2) is 0 Å². The summed E-state index contributed by atoms with van der Waals surface area (Å²) in [5, 5.41) is 11.3. The molecule has 1 N–H and O–H groups in total. The minimum absolute atomic E-state index is 0.0410. The van der Waals surface area contributed by atoms with Crippen molar-refractivity contribution in [2.45, 2.75) is 33.4 Å². The largest absolute Gasteiger partial charge is 0.507 e. The van der Waals surface area contributed by atoms with Gasteiger partial charge in [0.2, 0.25) is 0 Å². The second-order valence-electron chi connectivity index (χ2n) is 9.02. The van der Waals surface area contributed by atoms with Crippen LogP contribution in [0.3, 0.4) is 0 Å². The zero-order valence-electron chi connectivity index (χ0n) is 19.9. The van der Waals surface area contributed by atoms with Gasteiger partial charge < -0.3 is 14.7 Å². The Morgan fingerprint density at radius 3 is 2.51 bits per heavy atom. The number of hydrogen-bond donors (Lipinski definition) is 1. The highest BCUT2D eigenvalue weighted by molar-refractivity contribution is 6.46. The van der Waals surface area contributed by atoms with E-state index in [1.54, 1.807) is 42.7 Å². The van der Waals surface area contributed by atoms with Gasteiger partial charge in [-0.05, 0) is 65.9 Å². The second-order valence-corrected chi connectivity index (χ2v) is 9.02. The van der Waals surface area contributed by atoms with Gasteiger partial charge in [-0.3, -0.25) is 14.6 Å². The van der Waals surface area contributed by atoms with Crippen molar-refractivity contribution in [3.8, 4) is 5.75 Å². The van der Waals surface area contributed by atoms with Crippen LogP contribution in [-0.2, 0) is 16.1 Å². The van der Waals surface area contributed by atoms with E-state index < -0.39 is 23.5 Å². The Kier molecular flexibility index (Phi) is 6.96. The molecule has 1 aromatic heterocycles. The smallest absolute Gasteiger partial charge is 0.295 e. The quantitative estimate of drug-likeness (QED) is 0.290. The normalized spacial score (nSPS) is 17.3. The maximum atomic E-state index is 13.7. The topological polar surface area (TPSA) is 79.7 Å². The molecule has 1 atom stereocenters. The van der Waals surface area contributed by atoms with Gasteiger partial charge in [0.25, 0.3) is 11.7 Å². The van der Waals surface area contributed by atoms with Gasteiger partial charge in [0, 0.05) is 24.5 Å². The van der Waals surface area contributed by atoms with Gasteiger partial charge in [-0.15, -0.1) is 0 Å². The summed E-state index contributed by atoms with van der Waals surface area (Å²) >= 11 is 0. The van der Waals surface area contributed by atoms with Crippen molar-refractivity contribution in [1.82, 2.24) is 9.88 Å². The number of nitrogens with zero attached hydrogens (tertiary/aromatic N) is 2. The number of aliphatic hydroxyl groups excluding tert-OH is 1. The second kappa shape index (κ2) is 10.1. The first-order valence-electron chi connectivity index (χ1n) is 11.4. The number of ketones is 1. The number of ether oxygens (including phenoxy) is 1. The Morgan fingerprint density at radius 1 is 1.14 bits per heavy atom. The molecule has 1 saturated heterocycles. The summed E-state index contributed by atoms with van der Waals surface area (Å²) < 4.78 is 19.5. The van der Waals surface area contributed by atoms with Crippen LogP contribution in [0, 0.1) is 18.7 Å². The van der Waals surface area contributed by atoms with Crippen molar-refractivity contribution in [3.63, 3.8) is 0 Å². The number of pyridine rings is 1. The number of benzene rings is 2. The molecule has 2 aromatic carbocycles. The molecule has 0 saturated carbocycles. The first-order chi connectivity index (χ1) is 16.8. The lowest BCUT2D eigenvalue weighted by molar-refractivity contribution is -0.140. The highest BCUT2D eigenvalue weighted by atomic mass is 19.1. The van der Waals surface area contributed by atoms with Crippen molar-refractivity contribution < 1.29 is 23.8 Å². The Labute approximate surface area is 203 Å². The fourth-order valence-electron chi connectivity index (χ4n) is 4.09. The molecule has 1 aliphatic rings. The van der Waals surface area contributed by atoms with E-state index in [1.807, 2.05) is 6.92 Å². The molecule has 1 unspecified atom stereocenters. The predicted molar refractivity (Wildman–Crippen MR) is 130 cm³/mol. The van der Waals surface area contributed by atoms with E-state index in [9.17, 15) is 19.1 Å². The SMILES string of the molecule is Cc1cc(/C(O)=C2\C(=O)C(=O)N(Cc3cccnc3)C2c2ccc(F)cc2)ccc1OCC(C)C. The summed E-state index contributed by atoms with van der Waals surface area (Å²) in [6, 6.07) is 13.4. The standard InChI is InChI=1S/C28H27FN2O4/c1-17(2)16-35-23-11-8-21(13-18(23)3)26(32)24-25(20-6-9-22(29)10-7-20)31(28(34)27(24)33)15-19-5-4-12-30-14-19/h4-14,17,25,32H,15-16H2,1-3H3/b26-24+. The Morgan fingerprint density at radius 2 is 1.89 bits per heavy atom. The van der Waals surface area contributed by atoms with Crippen LogP contribution < -0.4 is 4.74 Å². The van der Waals surface area contributed by atoms with E-state index in [4.69, 9.17) is 4.74 Å². The van der Waals surface area contributed by atoms with E-state index in [1.165, 1.54) is 29.2 Å². The maximum Gasteiger partial charge on any atom is 0.295 e. The third kappa shape index (κ3) is 5.09. The average molecular weight is 475 g/mol. The number of likely N-dealkylation sites (tertiary alicyclic amines) is 1. The third-order valence-corrected chi connectivity index (χ3v) is 5.82. The Hall–Kier alpha value is -4.00. The zero-order valence-corrected chi connectivity index (χ0v) is 19.9. The Balaban J connectivity index is 1.78. The lowest BCUT2D eigenvalue weighted by Gasteiger charge is -2.25. The van der Waals surface area contributed by atoms with Crippen molar-refractivity contribution in [3.05, 3.63) is 101 Å². The summed E-state index contributed by atoms with van der Waals surface area (Å²) in [6.07, 6.45) is 3.23. The minimum atomic E-state index is -0.882. The molecule has 2 heterocycles. The molecule has 3 aromatic rings. The van der Waals surface area contributed by atoms with Crippen LogP contribution in [0.4, 0.5) is 4.39 Å². The first kappa shape index (κ1) is 24.1. The van der Waals surface area contributed by atoms with Gasteiger partial charge >= 0.3 is 0 Å². The number of hydrogen-bond acceptors (Lipinski definition) is 5. The molecule has 0 spiro atoms. The van der Waals surface area contributed by atoms with Crippen LogP contribution in [0.5, 0.6) is 5.75 Å². The van der Waals surface area contributed by atoms with Crippen molar-refractivity contribution >= 4 is 17.4 Å². The molecule has 6 nitrogen and oxygen atoms in total. The maximum absolute atomic E-state index is 13.7. The predicted octanol–water partition coefficient (Wildman–Crippen LogP) is 5.19. The van der Waals surface area contributed by atoms with Crippen LogP contribution in [0.1, 0.15) is 42.1 Å². The molecule has 0 bridgehead atoms. The third-order valence-electron chi connectivity index (χ3n) is 5.82. The molecule has 35 heavy (non-hydrogen) atoms. The molecule has 0 aliphatic carbocycles. The van der Waals surface area contributed by atoms with Crippen LogP contribution in [0.2, 0.25) is 0 Å². The first-order valence-corrected chi connectivity index (χ1v) is 11.4. The number of aliphatic hydroxyl groups is 1. The number of amides is 1. The number of carbonyl (C=O) groups is 2. The molecule has 4 rings (SSSR count). The lowest BCUT2D eigenvalue weighted by atomic mass is 9.94. The number of Topliss-reactive ketones (excluding diaryl/α,β-unsaturated/α-hetero) is 1. The van der Waals surface area contributed by atoms with Crippen molar-refractivity contribution in [1.29, 1.82) is 0 Å². The molecule has 7 heteroatoms. The van der Waals surface area contributed by atoms with E-state index in [2.05, 4.69) is 18.8 Å². The van der Waals surface area contributed by atoms with E-state index in [-0.39, 0.29) is 17.9 Å². The minimum Gasteiger partial charge on any atom is -0.507 e. The van der Waals surface area contributed by atoms with Crippen LogP contribution in [0.15, 0.2) is 72.6 Å². The highest BCUT2D eigenvalue weighted by Gasteiger charge is 2.46. The summed E-state index contributed by atoms with van der Waals surface area (Å²) in [5.74, 6) is -1.22. The Bertz CT molecular complexity index is 1270. The highest BCUT2D eigenvalue weighted by Crippen LogP contribution is 2.40. The monoisotopic (exact) mass is 474 g/mol.